The summed E-state index contributed by atoms with van der Waals surface area (Å²) in [7, 11) is 1.26. The summed E-state index contributed by atoms with van der Waals surface area (Å²) in [5.41, 5.74) is -0.659. The van der Waals surface area contributed by atoms with Gasteiger partial charge in [0.15, 0.2) is 0 Å². The first-order valence-corrected chi connectivity index (χ1v) is 6.18. The Morgan fingerprint density at radius 3 is 2.11 bits per heavy atom. The molecule has 0 aromatic rings. The number of esters is 1. The minimum absolute atomic E-state index is 0.0412. The van der Waals surface area contributed by atoms with Crippen molar-refractivity contribution in [1.82, 2.24) is 5.32 Å². The van der Waals surface area contributed by atoms with Crippen molar-refractivity contribution in [1.29, 1.82) is 0 Å². The minimum Gasteiger partial charge on any atom is -0.481 e. The Morgan fingerprint density at radius 1 is 1.21 bits per heavy atom. The van der Waals surface area contributed by atoms with Gasteiger partial charge in [-0.25, -0.2) is 4.79 Å². The Hall–Kier alpha value is -1.59. The molecule has 0 saturated carbocycles. The van der Waals surface area contributed by atoms with Crippen molar-refractivity contribution in [2.75, 3.05) is 7.11 Å². The molecule has 0 aromatic carbocycles. The van der Waals surface area contributed by atoms with Crippen LogP contribution in [0.25, 0.3) is 0 Å². The third-order valence-electron chi connectivity index (χ3n) is 2.71. The molecule has 0 aliphatic carbocycles. The molecule has 19 heavy (non-hydrogen) atoms. The molecule has 110 valence electrons. The molecule has 0 aromatic heterocycles. The van der Waals surface area contributed by atoms with E-state index >= 15 is 0 Å². The van der Waals surface area contributed by atoms with Crippen LogP contribution in [0.2, 0.25) is 0 Å². The van der Waals surface area contributed by atoms with Gasteiger partial charge in [-0.05, 0) is 11.3 Å². The Morgan fingerprint density at radius 2 is 1.74 bits per heavy atom. The van der Waals surface area contributed by atoms with E-state index in [9.17, 15) is 14.4 Å². The second kappa shape index (κ2) is 7.11. The lowest BCUT2D eigenvalue weighted by molar-refractivity contribution is -0.147. The van der Waals surface area contributed by atoms with Gasteiger partial charge in [0.2, 0.25) is 5.91 Å². The van der Waals surface area contributed by atoms with Crippen LogP contribution in [0.4, 0.5) is 0 Å². The highest BCUT2D eigenvalue weighted by molar-refractivity contribution is 5.85. The summed E-state index contributed by atoms with van der Waals surface area (Å²) in [6, 6.07) is -0.710. The molecule has 0 aliphatic rings. The summed E-state index contributed by atoms with van der Waals surface area (Å²) in [5, 5.41) is 11.3. The maximum atomic E-state index is 11.9. The van der Waals surface area contributed by atoms with Crippen molar-refractivity contribution in [3.05, 3.63) is 0 Å². The van der Waals surface area contributed by atoms with Crippen LogP contribution < -0.4 is 5.32 Å². The van der Waals surface area contributed by atoms with Gasteiger partial charge >= 0.3 is 11.9 Å². The van der Waals surface area contributed by atoms with Gasteiger partial charge in [0.25, 0.3) is 0 Å². The lowest BCUT2D eigenvalue weighted by atomic mass is 9.85. The van der Waals surface area contributed by atoms with Crippen LogP contribution in [0, 0.1) is 11.3 Å². The molecular formula is C13H23NO5. The van der Waals surface area contributed by atoms with Gasteiger partial charge < -0.3 is 15.2 Å². The third-order valence-corrected chi connectivity index (χ3v) is 2.71. The Kier molecular flexibility index (Phi) is 6.52. The maximum absolute atomic E-state index is 11.9. The van der Waals surface area contributed by atoms with E-state index in [4.69, 9.17) is 5.11 Å². The van der Waals surface area contributed by atoms with Crippen LogP contribution in [-0.4, -0.2) is 36.1 Å². The van der Waals surface area contributed by atoms with Crippen LogP contribution in [-0.2, 0) is 19.1 Å². The number of methoxy groups -OCH3 is 1. The predicted octanol–water partition coefficient (Wildman–Crippen LogP) is 1.19. The maximum Gasteiger partial charge on any atom is 0.328 e. The molecule has 0 aliphatic heterocycles. The van der Waals surface area contributed by atoms with E-state index in [-0.39, 0.29) is 24.7 Å². The highest BCUT2D eigenvalue weighted by atomic mass is 16.5. The topological polar surface area (TPSA) is 92.7 Å². The van der Waals surface area contributed by atoms with Crippen molar-refractivity contribution in [3.8, 4) is 0 Å². The third kappa shape index (κ3) is 6.79. The molecule has 0 bridgehead atoms. The summed E-state index contributed by atoms with van der Waals surface area (Å²) in [6.45, 7) is 6.99. The first-order valence-electron chi connectivity index (χ1n) is 6.18. The van der Waals surface area contributed by atoms with Crippen molar-refractivity contribution >= 4 is 17.8 Å². The molecule has 0 radical (unpaired) electrons. The van der Waals surface area contributed by atoms with Gasteiger partial charge in [-0.2, -0.15) is 0 Å². The van der Waals surface area contributed by atoms with E-state index in [1.807, 2.05) is 0 Å². The molecule has 1 amide bonds. The number of rotatable bonds is 7. The second-order valence-corrected chi connectivity index (χ2v) is 5.72. The SMILES string of the molecule is COC(=O)C(NC(=O)CC(C)(C)CC(=O)O)C(C)C. The smallest absolute Gasteiger partial charge is 0.328 e. The molecule has 6 heteroatoms. The van der Waals surface area contributed by atoms with Crippen molar-refractivity contribution in [2.45, 2.75) is 46.6 Å². The van der Waals surface area contributed by atoms with E-state index in [2.05, 4.69) is 10.1 Å². The summed E-state index contributed by atoms with van der Waals surface area (Å²) >= 11 is 0. The number of carbonyl (C=O) groups excluding carboxylic acids is 2. The Bertz CT molecular complexity index is 349. The molecule has 0 fully saturated rings. The Labute approximate surface area is 113 Å². The van der Waals surface area contributed by atoms with Crippen LogP contribution in [0.5, 0.6) is 0 Å². The van der Waals surface area contributed by atoms with Gasteiger partial charge in [0, 0.05) is 6.42 Å². The number of amides is 1. The average Bonchev–Trinajstić information content (AvgIpc) is 2.21. The zero-order chi connectivity index (χ0) is 15.2. The predicted molar refractivity (Wildman–Crippen MR) is 69.4 cm³/mol. The van der Waals surface area contributed by atoms with Gasteiger partial charge in [0.1, 0.15) is 6.04 Å². The number of nitrogens with one attached hydrogen (secondary N) is 1. The normalized spacial score (nSPS) is 12.9. The van der Waals surface area contributed by atoms with Gasteiger partial charge in [0.05, 0.1) is 13.5 Å². The molecule has 2 N–H and O–H groups in total. The van der Waals surface area contributed by atoms with Crippen LogP contribution in [0.1, 0.15) is 40.5 Å². The zero-order valence-corrected chi connectivity index (χ0v) is 12.1. The van der Waals surface area contributed by atoms with Crippen LogP contribution in [0.15, 0.2) is 0 Å². The van der Waals surface area contributed by atoms with Gasteiger partial charge in [-0.3, -0.25) is 9.59 Å². The highest BCUT2D eigenvalue weighted by Gasteiger charge is 2.29. The fourth-order valence-electron chi connectivity index (χ4n) is 1.76. The zero-order valence-electron chi connectivity index (χ0n) is 12.1. The van der Waals surface area contributed by atoms with E-state index < -0.39 is 23.4 Å². The number of carboxylic acid groups (broad SMARTS) is 1. The minimum atomic E-state index is -0.953. The lowest BCUT2D eigenvalue weighted by Crippen LogP contribution is -2.46. The number of aliphatic carboxylic acids is 1. The quantitative estimate of drug-likeness (QED) is 0.680. The molecule has 0 rings (SSSR count). The Balaban J connectivity index is 4.58. The number of ether oxygens (including phenoxy) is 1. The number of carboxylic acids is 1. The fourth-order valence-corrected chi connectivity index (χ4v) is 1.76. The number of hydrogen-bond acceptors (Lipinski definition) is 4. The average molecular weight is 273 g/mol. The molecule has 1 unspecified atom stereocenters. The number of carbonyl (C=O) groups is 3. The molecule has 6 nitrogen and oxygen atoms in total. The first kappa shape index (κ1) is 17.4. The fraction of sp³-hybridized carbons (Fsp3) is 0.769. The van der Waals surface area contributed by atoms with Crippen LogP contribution in [0.3, 0.4) is 0 Å². The van der Waals surface area contributed by atoms with Gasteiger partial charge in [-0.1, -0.05) is 27.7 Å². The summed E-state index contributed by atoms with van der Waals surface area (Å²) < 4.78 is 4.62. The van der Waals surface area contributed by atoms with Gasteiger partial charge in [-0.15, -0.1) is 0 Å². The first-order chi connectivity index (χ1) is 8.59. The molecule has 1 atom stereocenters. The van der Waals surface area contributed by atoms with E-state index in [0.717, 1.165) is 0 Å². The summed E-state index contributed by atoms with van der Waals surface area (Å²) in [6.07, 6.45) is -0.0650. The second-order valence-electron chi connectivity index (χ2n) is 5.72. The molecular weight excluding hydrogens is 250 g/mol. The van der Waals surface area contributed by atoms with Crippen molar-refractivity contribution in [2.24, 2.45) is 11.3 Å². The van der Waals surface area contributed by atoms with Crippen LogP contribution >= 0.6 is 0 Å². The lowest BCUT2D eigenvalue weighted by Gasteiger charge is -2.25. The van der Waals surface area contributed by atoms with E-state index in [1.165, 1.54) is 7.11 Å². The summed E-state index contributed by atoms with van der Waals surface area (Å²) in [5.74, 6) is -1.90. The molecule has 0 spiro atoms. The van der Waals surface area contributed by atoms with E-state index in [0.29, 0.717) is 0 Å². The largest absolute Gasteiger partial charge is 0.481 e. The van der Waals surface area contributed by atoms with Crippen molar-refractivity contribution in [3.63, 3.8) is 0 Å². The molecule has 0 saturated heterocycles. The standard InChI is InChI=1S/C13H23NO5/c1-8(2)11(12(18)19-5)14-9(15)6-13(3,4)7-10(16)17/h8,11H,6-7H2,1-5H3,(H,14,15)(H,16,17). The molecule has 0 heterocycles. The monoisotopic (exact) mass is 273 g/mol. The van der Waals surface area contributed by atoms with E-state index in [1.54, 1.807) is 27.7 Å². The summed E-state index contributed by atoms with van der Waals surface area (Å²) in [4.78, 5) is 34.0. The highest BCUT2D eigenvalue weighted by Crippen LogP contribution is 2.25. The number of hydrogen-bond donors (Lipinski definition) is 2. The van der Waals surface area contributed by atoms with Crippen molar-refractivity contribution < 1.29 is 24.2 Å².